The molecular formula is C17H20ClN3O2. The number of carbonyl (C=O) groups excluding carboxylic acids is 1. The van der Waals surface area contributed by atoms with Crippen molar-refractivity contribution in [3.8, 4) is 0 Å². The number of rotatable bonds is 3. The SMILES string of the molecule is C[C@H]1CN(C(=O)c2cnn(Cc3ccccc3Cl)c2)[C@@H](C)CO1. The molecule has 0 radical (unpaired) electrons. The van der Waals surface area contributed by atoms with Crippen molar-refractivity contribution in [3.05, 3.63) is 52.8 Å². The molecule has 1 aliphatic rings. The zero-order chi connectivity index (χ0) is 16.4. The fourth-order valence-corrected chi connectivity index (χ4v) is 2.91. The summed E-state index contributed by atoms with van der Waals surface area (Å²) in [6.07, 6.45) is 3.46. The molecule has 1 aromatic heterocycles. The minimum Gasteiger partial charge on any atom is -0.375 e. The van der Waals surface area contributed by atoms with Crippen LogP contribution >= 0.6 is 11.6 Å². The summed E-state index contributed by atoms with van der Waals surface area (Å²) in [5.74, 6) is -0.00180. The van der Waals surface area contributed by atoms with Crippen LogP contribution in [0.1, 0.15) is 29.8 Å². The van der Waals surface area contributed by atoms with Crippen LogP contribution in [0.2, 0.25) is 5.02 Å². The quantitative estimate of drug-likeness (QED) is 0.867. The van der Waals surface area contributed by atoms with E-state index in [0.29, 0.717) is 30.3 Å². The first-order valence-electron chi connectivity index (χ1n) is 7.73. The van der Waals surface area contributed by atoms with Crippen molar-refractivity contribution in [3.63, 3.8) is 0 Å². The van der Waals surface area contributed by atoms with Gasteiger partial charge in [-0.05, 0) is 25.5 Å². The number of amides is 1. The van der Waals surface area contributed by atoms with Gasteiger partial charge >= 0.3 is 0 Å². The molecule has 6 heteroatoms. The van der Waals surface area contributed by atoms with Crippen molar-refractivity contribution in [2.75, 3.05) is 13.2 Å². The first-order chi connectivity index (χ1) is 11.0. The van der Waals surface area contributed by atoms with Crippen LogP contribution in [0, 0.1) is 0 Å². The number of halogens is 1. The fraction of sp³-hybridized carbons (Fsp3) is 0.412. The van der Waals surface area contributed by atoms with Crippen molar-refractivity contribution in [2.24, 2.45) is 0 Å². The molecule has 1 amide bonds. The zero-order valence-corrected chi connectivity index (χ0v) is 14.0. The molecule has 2 heterocycles. The second-order valence-corrected chi connectivity index (χ2v) is 6.38. The Balaban J connectivity index is 1.74. The Hall–Kier alpha value is -1.85. The van der Waals surface area contributed by atoms with Gasteiger partial charge in [0.05, 0.1) is 37.1 Å². The predicted molar refractivity (Wildman–Crippen MR) is 88.7 cm³/mol. The largest absolute Gasteiger partial charge is 0.375 e. The molecule has 1 fully saturated rings. The topological polar surface area (TPSA) is 47.4 Å². The molecule has 23 heavy (non-hydrogen) atoms. The lowest BCUT2D eigenvalue weighted by molar-refractivity contribution is -0.0387. The maximum Gasteiger partial charge on any atom is 0.257 e. The number of hydrogen-bond donors (Lipinski definition) is 0. The van der Waals surface area contributed by atoms with Gasteiger partial charge in [-0.25, -0.2) is 0 Å². The highest BCUT2D eigenvalue weighted by Gasteiger charge is 2.28. The Morgan fingerprint density at radius 3 is 2.96 bits per heavy atom. The van der Waals surface area contributed by atoms with Gasteiger partial charge in [0, 0.05) is 17.8 Å². The number of hydrogen-bond acceptors (Lipinski definition) is 3. The third kappa shape index (κ3) is 3.57. The lowest BCUT2D eigenvalue weighted by atomic mass is 10.1. The van der Waals surface area contributed by atoms with E-state index in [4.69, 9.17) is 16.3 Å². The van der Waals surface area contributed by atoms with Gasteiger partial charge in [-0.3, -0.25) is 9.48 Å². The standard InChI is InChI=1S/C17H20ClN3O2/c1-12-11-23-13(2)8-21(12)17(22)15-7-19-20(10-15)9-14-5-3-4-6-16(14)18/h3-7,10,12-13H,8-9,11H2,1-2H3/t12-,13-/m0/s1. The molecule has 122 valence electrons. The smallest absolute Gasteiger partial charge is 0.257 e. The molecule has 0 spiro atoms. The molecule has 1 saturated heterocycles. The highest BCUT2D eigenvalue weighted by atomic mass is 35.5. The number of benzene rings is 1. The van der Waals surface area contributed by atoms with Crippen LogP contribution in [0.3, 0.4) is 0 Å². The molecule has 0 aliphatic carbocycles. The van der Waals surface area contributed by atoms with E-state index in [1.807, 2.05) is 43.0 Å². The van der Waals surface area contributed by atoms with E-state index >= 15 is 0 Å². The number of ether oxygens (including phenoxy) is 1. The Labute approximate surface area is 140 Å². The van der Waals surface area contributed by atoms with Gasteiger partial charge in [-0.1, -0.05) is 29.8 Å². The van der Waals surface area contributed by atoms with Crippen LogP contribution < -0.4 is 0 Å². The summed E-state index contributed by atoms with van der Waals surface area (Å²) in [6, 6.07) is 7.71. The summed E-state index contributed by atoms with van der Waals surface area (Å²) >= 11 is 6.17. The van der Waals surface area contributed by atoms with Crippen LogP contribution in [0.15, 0.2) is 36.7 Å². The molecule has 0 unspecified atom stereocenters. The monoisotopic (exact) mass is 333 g/mol. The molecule has 5 nitrogen and oxygen atoms in total. The second kappa shape index (κ2) is 6.72. The van der Waals surface area contributed by atoms with Crippen molar-refractivity contribution in [1.82, 2.24) is 14.7 Å². The lowest BCUT2D eigenvalue weighted by Crippen LogP contribution is -2.50. The average Bonchev–Trinajstić information content (AvgIpc) is 3.00. The first-order valence-corrected chi connectivity index (χ1v) is 8.11. The molecular weight excluding hydrogens is 314 g/mol. The van der Waals surface area contributed by atoms with Crippen LogP contribution in [0.5, 0.6) is 0 Å². The van der Waals surface area contributed by atoms with Crippen molar-refractivity contribution in [2.45, 2.75) is 32.5 Å². The van der Waals surface area contributed by atoms with E-state index in [0.717, 1.165) is 5.56 Å². The van der Waals surface area contributed by atoms with Crippen LogP contribution in [0.4, 0.5) is 0 Å². The van der Waals surface area contributed by atoms with Crippen LogP contribution in [-0.2, 0) is 11.3 Å². The lowest BCUT2D eigenvalue weighted by Gasteiger charge is -2.36. The summed E-state index contributed by atoms with van der Waals surface area (Å²) in [6.45, 7) is 5.70. The molecule has 0 saturated carbocycles. The molecule has 3 rings (SSSR count). The van der Waals surface area contributed by atoms with E-state index < -0.39 is 0 Å². The van der Waals surface area contributed by atoms with Crippen molar-refractivity contribution in [1.29, 1.82) is 0 Å². The highest BCUT2D eigenvalue weighted by Crippen LogP contribution is 2.18. The minimum atomic E-state index is -0.00180. The van der Waals surface area contributed by atoms with E-state index in [-0.39, 0.29) is 18.1 Å². The minimum absolute atomic E-state index is 0.00180. The van der Waals surface area contributed by atoms with Crippen LogP contribution in [0.25, 0.3) is 0 Å². The third-order valence-corrected chi connectivity index (χ3v) is 4.41. The Kier molecular flexibility index (Phi) is 4.68. The van der Waals surface area contributed by atoms with Gasteiger partial charge in [-0.2, -0.15) is 5.10 Å². The molecule has 1 aliphatic heterocycles. The summed E-state index contributed by atoms with van der Waals surface area (Å²) in [7, 11) is 0. The van der Waals surface area contributed by atoms with Gasteiger partial charge in [0.15, 0.2) is 0 Å². The summed E-state index contributed by atoms with van der Waals surface area (Å²) in [4.78, 5) is 14.5. The summed E-state index contributed by atoms with van der Waals surface area (Å²) < 4.78 is 7.31. The third-order valence-electron chi connectivity index (χ3n) is 4.04. The second-order valence-electron chi connectivity index (χ2n) is 5.97. The molecule has 2 atom stereocenters. The number of aromatic nitrogens is 2. The van der Waals surface area contributed by atoms with Gasteiger partial charge in [0.2, 0.25) is 0 Å². The summed E-state index contributed by atoms with van der Waals surface area (Å²) in [5.41, 5.74) is 1.57. The molecule has 1 aromatic carbocycles. The van der Waals surface area contributed by atoms with Crippen LogP contribution in [-0.4, -0.2) is 45.9 Å². The maximum absolute atomic E-state index is 12.7. The maximum atomic E-state index is 12.7. The molecule has 0 N–H and O–H groups in total. The predicted octanol–water partition coefficient (Wildman–Crippen LogP) is 2.83. The van der Waals surface area contributed by atoms with Gasteiger partial charge in [0.1, 0.15) is 0 Å². The van der Waals surface area contributed by atoms with Gasteiger partial charge in [-0.15, -0.1) is 0 Å². The van der Waals surface area contributed by atoms with E-state index in [9.17, 15) is 4.79 Å². The number of carbonyl (C=O) groups is 1. The Bertz CT molecular complexity index is 701. The normalized spacial score (nSPS) is 21.4. The zero-order valence-electron chi connectivity index (χ0n) is 13.3. The first kappa shape index (κ1) is 16.0. The summed E-state index contributed by atoms with van der Waals surface area (Å²) in [5, 5.41) is 4.99. The number of morpholine rings is 1. The number of nitrogens with zero attached hydrogens (tertiary/aromatic N) is 3. The Morgan fingerprint density at radius 1 is 1.39 bits per heavy atom. The Morgan fingerprint density at radius 2 is 2.17 bits per heavy atom. The van der Waals surface area contributed by atoms with Gasteiger partial charge < -0.3 is 9.64 Å². The van der Waals surface area contributed by atoms with Gasteiger partial charge in [0.25, 0.3) is 5.91 Å². The van der Waals surface area contributed by atoms with E-state index in [1.165, 1.54) is 0 Å². The average molecular weight is 334 g/mol. The molecule has 0 bridgehead atoms. The van der Waals surface area contributed by atoms with E-state index in [1.54, 1.807) is 17.1 Å². The fourth-order valence-electron chi connectivity index (χ4n) is 2.71. The van der Waals surface area contributed by atoms with E-state index in [2.05, 4.69) is 5.10 Å². The molecule has 2 aromatic rings. The highest BCUT2D eigenvalue weighted by molar-refractivity contribution is 6.31. The van der Waals surface area contributed by atoms with Crippen molar-refractivity contribution < 1.29 is 9.53 Å². The van der Waals surface area contributed by atoms with Crippen molar-refractivity contribution >= 4 is 17.5 Å².